The van der Waals surface area contributed by atoms with Crippen molar-refractivity contribution in [2.45, 2.75) is 44.7 Å². The number of aromatic nitrogens is 1. The van der Waals surface area contributed by atoms with Crippen molar-refractivity contribution in [1.29, 1.82) is 0 Å². The predicted octanol–water partition coefficient (Wildman–Crippen LogP) is 3.71. The Labute approximate surface area is 204 Å². The number of carbonyl (C=O) groups excluding carboxylic acids is 1. The molecule has 0 spiro atoms. The summed E-state index contributed by atoms with van der Waals surface area (Å²) >= 11 is 0. The highest BCUT2D eigenvalue weighted by atomic mass is 16.5. The summed E-state index contributed by atoms with van der Waals surface area (Å²) in [6, 6.07) is 14.9. The zero-order valence-corrected chi connectivity index (χ0v) is 21.0. The van der Waals surface area contributed by atoms with Crippen molar-refractivity contribution in [3.8, 4) is 5.75 Å². The van der Waals surface area contributed by atoms with Gasteiger partial charge in [-0.05, 0) is 88.5 Å². The Hall–Kier alpha value is -2.44. The van der Waals surface area contributed by atoms with Gasteiger partial charge in [0.15, 0.2) is 0 Å². The molecule has 0 unspecified atom stereocenters. The standard InChI is InChI=1S/C28H40N4O2/c1-30-15-7-9-24(20-30)28(33)32-16-12-23(13-17-32)27(19-22-8-6-11-26(18-22)34-3)31(2)21-25-10-4-5-14-29-25/h4-6,8,10-11,14,18,23-24,27H,7,9,12-13,15-17,19-21H2,1-3H3/t24-,27+/m0/s1. The van der Waals surface area contributed by atoms with Gasteiger partial charge in [-0.2, -0.15) is 0 Å². The van der Waals surface area contributed by atoms with Crippen LogP contribution in [0.3, 0.4) is 0 Å². The highest BCUT2D eigenvalue weighted by molar-refractivity contribution is 5.79. The number of piperidine rings is 2. The Morgan fingerprint density at radius 3 is 2.68 bits per heavy atom. The number of amides is 1. The lowest BCUT2D eigenvalue weighted by atomic mass is 9.84. The minimum atomic E-state index is 0.176. The molecule has 2 saturated heterocycles. The van der Waals surface area contributed by atoms with Gasteiger partial charge >= 0.3 is 0 Å². The Balaban J connectivity index is 1.43. The van der Waals surface area contributed by atoms with Crippen molar-refractivity contribution in [2.75, 3.05) is 47.4 Å². The van der Waals surface area contributed by atoms with Crippen LogP contribution in [0.2, 0.25) is 0 Å². The van der Waals surface area contributed by atoms with Crippen molar-refractivity contribution in [2.24, 2.45) is 11.8 Å². The fourth-order valence-corrected chi connectivity index (χ4v) is 5.72. The van der Waals surface area contributed by atoms with E-state index in [4.69, 9.17) is 4.74 Å². The Kier molecular flexibility index (Phi) is 8.57. The first-order valence-electron chi connectivity index (χ1n) is 12.7. The summed E-state index contributed by atoms with van der Waals surface area (Å²) in [5, 5.41) is 0. The molecule has 34 heavy (non-hydrogen) atoms. The lowest BCUT2D eigenvalue weighted by molar-refractivity contribution is -0.139. The van der Waals surface area contributed by atoms with Crippen molar-refractivity contribution in [3.63, 3.8) is 0 Å². The molecule has 2 aliphatic heterocycles. The topological polar surface area (TPSA) is 48.9 Å². The highest BCUT2D eigenvalue weighted by Gasteiger charge is 2.34. The largest absolute Gasteiger partial charge is 0.497 e. The molecule has 0 bridgehead atoms. The summed E-state index contributed by atoms with van der Waals surface area (Å²) in [4.78, 5) is 24.6. The average molecular weight is 465 g/mol. The third-order valence-corrected chi connectivity index (χ3v) is 7.65. The fourth-order valence-electron chi connectivity index (χ4n) is 5.72. The van der Waals surface area contributed by atoms with Crippen molar-refractivity contribution in [1.82, 2.24) is 19.7 Å². The predicted molar refractivity (Wildman–Crippen MR) is 136 cm³/mol. The molecular formula is C28H40N4O2. The molecule has 4 rings (SSSR count). The molecule has 2 aromatic rings. The SMILES string of the molecule is COc1cccc(C[C@H](C2CCN(C(=O)[C@H]3CCCN(C)C3)CC2)N(C)Cc2ccccn2)c1. The number of methoxy groups -OCH3 is 1. The lowest BCUT2D eigenvalue weighted by Crippen LogP contribution is -2.49. The van der Waals surface area contributed by atoms with Crippen molar-refractivity contribution >= 4 is 5.91 Å². The van der Waals surface area contributed by atoms with E-state index in [1.165, 1.54) is 5.56 Å². The van der Waals surface area contributed by atoms with Gasteiger partial charge in [0.1, 0.15) is 5.75 Å². The second-order valence-electron chi connectivity index (χ2n) is 10.1. The summed E-state index contributed by atoms with van der Waals surface area (Å²) in [5.74, 6) is 1.99. The van der Waals surface area contributed by atoms with Gasteiger partial charge in [0.25, 0.3) is 0 Å². The normalized spacial score (nSPS) is 20.9. The third-order valence-electron chi connectivity index (χ3n) is 7.65. The number of hydrogen-bond donors (Lipinski definition) is 0. The van der Waals surface area contributed by atoms with Crippen LogP contribution in [0.1, 0.15) is 36.9 Å². The van der Waals surface area contributed by atoms with Crippen molar-refractivity contribution in [3.05, 3.63) is 59.9 Å². The maximum absolute atomic E-state index is 13.2. The van der Waals surface area contributed by atoms with E-state index in [0.717, 1.165) is 76.3 Å². The van der Waals surface area contributed by atoms with Gasteiger partial charge in [-0.15, -0.1) is 0 Å². The second kappa shape index (κ2) is 11.8. The van der Waals surface area contributed by atoms with Crippen LogP contribution in [0.4, 0.5) is 0 Å². The molecule has 2 aliphatic rings. The molecule has 0 radical (unpaired) electrons. The highest BCUT2D eigenvalue weighted by Crippen LogP contribution is 2.29. The van der Waals surface area contributed by atoms with Gasteiger partial charge in [0.2, 0.25) is 5.91 Å². The number of nitrogens with zero attached hydrogens (tertiary/aromatic N) is 4. The summed E-state index contributed by atoms with van der Waals surface area (Å²) in [6.45, 7) is 4.58. The molecule has 1 amide bonds. The molecule has 6 heteroatoms. The van der Waals surface area contributed by atoms with E-state index in [2.05, 4.69) is 64.1 Å². The molecule has 3 heterocycles. The quantitative estimate of drug-likeness (QED) is 0.596. The molecule has 1 aromatic carbocycles. The zero-order chi connectivity index (χ0) is 23.9. The molecule has 6 nitrogen and oxygen atoms in total. The van der Waals surface area contributed by atoms with Gasteiger partial charge in [-0.25, -0.2) is 0 Å². The van der Waals surface area contributed by atoms with Gasteiger partial charge in [0.05, 0.1) is 18.7 Å². The minimum Gasteiger partial charge on any atom is -0.497 e. The smallest absolute Gasteiger partial charge is 0.226 e. The van der Waals surface area contributed by atoms with E-state index < -0.39 is 0 Å². The molecular weight excluding hydrogens is 424 g/mol. The monoisotopic (exact) mass is 464 g/mol. The van der Waals surface area contributed by atoms with E-state index in [9.17, 15) is 4.79 Å². The Morgan fingerprint density at radius 1 is 1.15 bits per heavy atom. The van der Waals surface area contributed by atoms with E-state index in [1.807, 2.05) is 18.3 Å². The summed E-state index contributed by atoms with van der Waals surface area (Å²) in [7, 11) is 6.07. The van der Waals surface area contributed by atoms with E-state index in [1.54, 1.807) is 7.11 Å². The first-order chi connectivity index (χ1) is 16.5. The molecule has 2 fully saturated rings. The number of pyridine rings is 1. The third kappa shape index (κ3) is 6.36. The van der Waals surface area contributed by atoms with Crippen LogP contribution in [0.15, 0.2) is 48.7 Å². The van der Waals surface area contributed by atoms with Crippen LogP contribution in [0.5, 0.6) is 5.75 Å². The van der Waals surface area contributed by atoms with Crippen LogP contribution < -0.4 is 4.74 Å². The molecule has 0 N–H and O–H groups in total. The number of benzene rings is 1. The van der Waals surface area contributed by atoms with Gasteiger partial charge in [-0.3, -0.25) is 14.7 Å². The molecule has 184 valence electrons. The van der Waals surface area contributed by atoms with Gasteiger partial charge in [-0.1, -0.05) is 18.2 Å². The fraction of sp³-hybridized carbons (Fsp3) is 0.571. The zero-order valence-electron chi connectivity index (χ0n) is 21.0. The minimum absolute atomic E-state index is 0.176. The molecule has 1 aromatic heterocycles. The van der Waals surface area contributed by atoms with Crippen molar-refractivity contribution < 1.29 is 9.53 Å². The van der Waals surface area contributed by atoms with Gasteiger partial charge < -0.3 is 14.5 Å². The number of ether oxygens (including phenoxy) is 1. The van der Waals surface area contributed by atoms with E-state index in [-0.39, 0.29) is 5.92 Å². The number of rotatable bonds is 8. The van der Waals surface area contributed by atoms with Crippen LogP contribution in [-0.2, 0) is 17.8 Å². The summed E-state index contributed by atoms with van der Waals surface area (Å²) in [6.07, 6.45) is 7.10. The molecule has 0 saturated carbocycles. The Morgan fingerprint density at radius 2 is 1.97 bits per heavy atom. The number of likely N-dealkylation sites (N-methyl/N-ethyl adjacent to an activating group) is 1. The van der Waals surface area contributed by atoms with Gasteiger partial charge in [0, 0.05) is 38.4 Å². The van der Waals surface area contributed by atoms with Crippen LogP contribution in [0.25, 0.3) is 0 Å². The number of hydrogen-bond acceptors (Lipinski definition) is 5. The first kappa shape index (κ1) is 24.7. The average Bonchev–Trinajstić information content (AvgIpc) is 2.87. The lowest BCUT2D eigenvalue weighted by Gasteiger charge is -2.41. The second-order valence-corrected chi connectivity index (χ2v) is 10.1. The molecule has 0 aliphatic carbocycles. The van der Waals surface area contributed by atoms with E-state index in [0.29, 0.717) is 17.9 Å². The summed E-state index contributed by atoms with van der Waals surface area (Å²) in [5.41, 5.74) is 2.38. The Bertz CT molecular complexity index is 914. The van der Waals surface area contributed by atoms with Crippen LogP contribution in [-0.4, -0.2) is 79.0 Å². The maximum Gasteiger partial charge on any atom is 0.226 e. The molecule has 2 atom stereocenters. The summed E-state index contributed by atoms with van der Waals surface area (Å²) < 4.78 is 5.47. The number of carbonyl (C=O) groups is 1. The van der Waals surface area contributed by atoms with E-state index >= 15 is 0 Å². The van der Waals surface area contributed by atoms with Crippen LogP contribution in [0, 0.1) is 11.8 Å². The number of likely N-dealkylation sites (tertiary alicyclic amines) is 2. The first-order valence-corrected chi connectivity index (χ1v) is 12.7. The van der Waals surface area contributed by atoms with Crippen LogP contribution >= 0.6 is 0 Å². The maximum atomic E-state index is 13.2.